The molecule has 0 radical (unpaired) electrons. The van der Waals surface area contributed by atoms with Gasteiger partial charge in [-0.1, -0.05) is 22.9 Å². The van der Waals surface area contributed by atoms with E-state index < -0.39 is 21.9 Å². The zero-order valence-corrected chi connectivity index (χ0v) is 14.9. The van der Waals surface area contributed by atoms with Crippen molar-refractivity contribution in [2.45, 2.75) is 18.7 Å². The molecule has 1 aliphatic heterocycles. The SMILES string of the molecule is COc1cc(C)c(Br)cc1S(=O)(=O)N1C[C@@H](C)[C@H](C(=O)O)C1. The number of carbonyl (C=O) groups is 1. The second-order valence-corrected chi connectivity index (χ2v) is 8.26. The van der Waals surface area contributed by atoms with Crippen LogP contribution in [-0.4, -0.2) is 44.0 Å². The molecule has 122 valence electrons. The van der Waals surface area contributed by atoms with Crippen LogP contribution in [-0.2, 0) is 14.8 Å². The number of methoxy groups -OCH3 is 1. The maximum absolute atomic E-state index is 12.8. The lowest BCUT2D eigenvalue weighted by molar-refractivity contribution is -0.142. The van der Waals surface area contributed by atoms with Crippen LogP contribution < -0.4 is 4.74 Å². The van der Waals surface area contributed by atoms with Gasteiger partial charge in [-0.25, -0.2) is 8.42 Å². The second kappa shape index (κ2) is 6.17. The molecule has 22 heavy (non-hydrogen) atoms. The fraction of sp³-hybridized carbons (Fsp3) is 0.500. The van der Waals surface area contributed by atoms with Crippen molar-refractivity contribution in [2.75, 3.05) is 20.2 Å². The van der Waals surface area contributed by atoms with E-state index in [0.717, 1.165) is 5.56 Å². The van der Waals surface area contributed by atoms with E-state index in [1.807, 2.05) is 6.92 Å². The number of halogens is 1. The molecule has 0 unspecified atom stereocenters. The molecule has 0 saturated carbocycles. The van der Waals surface area contributed by atoms with Gasteiger partial charge < -0.3 is 9.84 Å². The molecule has 1 fully saturated rings. The maximum atomic E-state index is 12.8. The van der Waals surface area contributed by atoms with Gasteiger partial charge in [-0.15, -0.1) is 0 Å². The van der Waals surface area contributed by atoms with Gasteiger partial charge >= 0.3 is 5.97 Å². The Morgan fingerprint density at radius 2 is 2.05 bits per heavy atom. The van der Waals surface area contributed by atoms with Crippen LogP contribution in [0.2, 0.25) is 0 Å². The van der Waals surface area contributed by atoms with E-state index in [1.54, 1.807) is 13.0 Å². The summed E-state index contributed by atoms with van der Waals surface area (Å²) < 4.78 is 32.7. The third kappa shape index (κ3) is 3.00. The summed E-state index contributed by atoms with van der Waals surface area (Å²) in [5.41, 5.74) is 0.856. The predicted molar refractivity (Wildman–Crippen MR) is 84.5 cm³/mol. The molecule has 8 heteroatoms. The predicted octanol–water partition coefficient (Wildman–Crippen LogP) is 2.11. The Labute approximate surface area is 138 Å². The number of rotatable bonds is 4. The Hall–Kier alpha value is -1.12. The number of hydrogen-bond acceptors (Lipinski definition) is 4. The highest BCUT2D eigenvalue weighted by Gasteiger charge is 2.41. The van der Waals surface area contributed by atoms with Crippen LogP contribution in [0.4, 0.5) is 0 Å². The minimum Gasteiger partial charge on any atom is -0.495 e. The fourth-order valence-corrected chi connectivity index (χ4v) is 4.80. The van der Waals surface area contributed by atoms with Crippen LogP contribution in [0.1, 0.15) is 12.5 Å². The van der Waals surface area contributed by atoms with E-state index in [-0.39, 0.29) is 29.7 Å². The normalized spacial score (nSPS) is 22.7. The molecule has 1 heterocycles. The topological polar surface area (TPSA) is 83.9 Å². The number of benzene rings is 1. The number of ether oxygens (including phenoxy) is 1. The highest BCUT2D eigenvalue weighted by atomic mass is 79.9. The van der Waals surface area contributed by atoms with E-state index in [0.29, 0.717) is 4.47 Å². The Morgan fingerprint density at radius 3 is 2.55 bits per heavy atom. The maximum Gasteiger partial charge on any atom is 0.308 e. The number of nitrogens with zero attached hydrogens (tertiary/aromatic N) is 1. The highest BCUT2D eigenvalue weighted by Crippen LogP contribution is 2.35. The summed E-state index contributed by atoms with van der Waals surface area (Å²) in [6.07, 6.45) is 0. The molecule has 1 aromatic rings. The van der Waals surface area contributed by atoms with Crippen molar-refractivity contribution >= 4 is 31.9 Å². The van der Waals surface area contributed by atoms with Gasteiger partial charge in [0.2, 0.25) is 10.0 Å². The minimum absolute atomic E-state index is 0.0204. The van der Waals surface area contributed by atoms with Gasteiger partial charge in [0.25, 0.3) is 0 Å². The standard InChI is InChI=1S/C14H18BrNO5S/c1-8-4-12(21-3)13(5-11(8)15)22(19,20)16-6-9(2)10(7-16)14(17)18/h4-5,9-10H,6-7H2,1-3H3,(H,17,18)/t9-,10-/m1/s1. The second-order valence-electron chi connectivity index (χ2n) is 5.50. The van der Waals surface area contributed by atoms with Crippen molar-refractivity contribution in [1.29, 1.82) is 0 Å². The third-order valence-electron chi connectivity index (χ3n) is 3.96. The van der Waals surface area contributed by atoms with Crippen molar-refractivity contribution < 1.29 is 23.1 Å². The average molecular weight is 392 g/mol. The number of carboxylic acid groups (broad SMARTS) is 1. The number of aryl methyl sites for hydroxylation is 1. The van der Waals surface area contributed by atoms with Gasteiger partial charge in [0.05, 0.1) is 13.0 Å². The van der Waals surface area contributed by atoms with Crippen LogP contribution in [0.5, 0.6) is 5.75 Å². The van der Waals surface area contributed by atoms with E-state index in [9.17, 15) is 13.2 Å². The summed E-state index contributed by atoms with van der Waals surface area (Å²) in [7, 11) is -2.39. The number of carboxylic acids is 1. The zero-order chi connectivity index (χ0) is 16.7. The molecule has 0 aliphatic carbocycles. The number of aliphatic carboxylic acids is 1. The summed E-state index contributed by atoms with van der Waals surface area (Å²) in [4.78, 5) is 11.2. The van der Waals surface area contributed by atoms with Gasteiger partial charge in [-0.3, -0.25) is 4.79 Å². The molecule has 1 aliphatic rings. The largest absolute Gasteiger partial charge is 0.495 e. The molecular formula is C14H18BrNO5S. The fourth-order valence-electron chi connectivity index (χ4n) is 2.58. The van der Waals surface area contributed by atoms with Crippen molar-refractivity contribution in [1.82, 2.24) is 4.31 Å². The van der Waals surface area contributed by atoms with Gasteiger partial charge in [-0.2, -0.15) is 4.31 Å². The van der Waals surface area contributed by atoms with Crippen LogP contribution >= 0.6 is 15.9 Å². The lowest BCUT2D eigenvalue weighted by atomic mass is 9.99. The summed E-state index contributed by atoms with van der Waals surface area (Å²) in [5.74, 6) is -1.63. The third-order valence-corrected chi connectivity index (χ3v) is 6.67. The van der Waals surface area contributed by atoms with Crippen LogP contribution in [0.25, 0.3) is 0 Å². The van der Waals surface area contributed by atoms with Gasteiger partial charge in [0.1, 0.15) is 10.6 Å². The van der Waals surface area contributed by atoms with Crippen LogP contribution in [0, 0.1) is 18.8 Å². The van der Waals surface area contributed by atoms with Crippen molar-refractivity contribution in [3.63, 3.8) is 0 Å². The molecule has 0 aromatic heterocycles. The molecule has 0 amide bonds. The first kappa shape index (κ1) is 17.2. The molecule has 2 atom stereocenters. The Balaban J connectivity index is 2.44. The molecule has 1 N–H and O–H groups in total. The lowest BCUT2D eigenvalue weighted by Crippen LogP contribution is -2.30. The summed E-state index contributed by atoms with van der Waals surface area (Å²) >= 11 is 3.32. The van der Waals surface area contributed by atoms with Crippen molar-refractivity contribution in [3.05, 3.63) is 22.2 Å². The van der Waals surface area contributed by atoms with E-state index in [1.165, 1.54) is 17.5 Å². The summed E-state index contributed by atoms with van der Waals surface area (Å²) in [5, 5.41) is 9.17. The quantitative estimate of drug-likeness (QED) is 0.849. The first-order valence-electron chi connectivity index (χ1n) is 6.75. The molecule has 0 spiro atoms. The smallest absolute Gasteiger partial charge is 0.308 e. The first-order valence-corrected chi connectivity index (χ1v) is 8.99. The lowest BCUT2D eigenvalue weighted by Gasteiger charge is -2.19. The first-order chi connectivity index (χ1) is 10.2. The number of sulfonamides is 1. The van der Waals surface area contributed by atoms with Crippen LogP contribution in [0.3, 0.4) is 0 Å². The van der Waals surface area contributed by atoms with E-state index in [2.05, 4.69) is 15.9 Å². The Kier molecular flexibility index (Phi) is 4.84. The Morgan fingerprint density at radius 1 is 1.41 bits per heavy atom. The monoisotopic (exact) mass is 391 g/mol. The molecule has 0 bridgehead atoms. The molecule has 2 rings (SSSR count). The van der Waals surface area contributed by atoms with Gasteiger partial charge in [0.15, 0.2) is 0 Å². The molecule has 1 aromatic carbocycles. The average Bonchev–Trinajstić information content (AvgIpc) is 2.84. The van der Waals surface area contributed by atoms with Gasteiger partial charge in [-0.05, 0) is 30.5 Å². The minimum atomic E-state index is -3.81. The molecular weight excluding hydrogens is 374 g/mol. The summed E-state index contributed by atoms with van der Waals surface area (Å²) in [6.45, 7) is 3.75. The van der Waals surface area contributed by atoms with Crippen LogP contribution in [0.15, 0.2) is 21.5 Å². The molecule has 1 saturated heterocycles. The van der Waals surface area contributed by atoms with Crippen molar-refractivity contribution in [2.24, 2.45) is 11.8 Å². The van der Waals surface area contributed by atoms with Crippen molar-refractivity contribution in [3.8, 4) is 5.75 Å². The van der Waals surface area contributed by atoms with E-state index >= 15 is 0 Å². The van der Waals surface area contributed by atoms with E-state index in [4.69, 9.17) is 9.84 Å². The highest BCUT2D eigenvalue weighted by molar-refractivity contribution is 9.10. The molecule has 6 nitrogen and oxygen atoms in total. The van der Waals surface area contributed by atoms with Gasteiger partial charge in [0, 0.05) is 17.6 Å². The summed E-state index contributed by atoms with van der Waals surface area (Å²) in [6, 6.07) is 3.15. The number of hydrogen-bond donors (Lipinski definition) is 1. The Bertz CT molecular complexity index is 703. The zero-order valence-electron chi connectivity index (χ0n) is 12.5.